The van der Waals surface area contributed by atoms with Gasteiger partial charge in [0.15, 0.2) is 11.5 Å². The zero-order valence-corrected chi connectivity index (χ0v) is 12.8. The predicted molar refractivity (Wildman–Crippen MR) is 84.4 cm³/mol. The highest BCUT2D eigenvalue weighted by Crippen LogP contribution is 2.33. The number of methoxy groups -OCH3 is 1. The van der Waals surface area contributed by atoms with E-state index in [0.29, 0.717) is 23.6 Å². The van der Waals surface area contributed by atoms with Crippen molar-refractivity contribution in [1.82, 2.24) is 9.88 Å². The van der Waals surface area contributed by atoms with Crippen LogP contribution in [-0.2, 0) is 0 Å². The van der Waals surface area contributed by atoms with E-state index in [1.165, 1.54) is 6.07 Å². The number of rotatable bonds is 7. The summed E-state index contributed by atoms with van der Waals surface area (Å²) in [4.78, 5) is 16.5. The lowest BCUT2D eigenvalue weighted by atomic mass is 10.2. The van der Waals surface area contributed by atoms with Crippen LogP contribution in [-0.4, -0.2) is 44.2 Å². The number of unbranched alkanes of at least 4 members (excludes halogenated alkanes) is 1. The van der Waals surface area contributed by atoms with Crippen LogP contribution in [0.3, 0.4) is 0 Å². The van der Waals surface area contributed by atoms with Crippen LogP contribution in [0.1, 0.15) is 12.8 Å². The van der Waals surface area contributed by atoms with Gasteiger partial charge in [-0.15, -0.1) is 0 Å². The molecule has 5 heteroatoms. The molecule has 114 valence electrons. The predicted octanol–water partition coefficient (Wildman–Crippen LogP) is 2.26. The second kappa shape index (κ2) is 7.13. The molecular weight excluding hydrogens is 268 g/mol. The molecule has 0 aliphatic heterocycles. The number of benzene rings is 1. The zero-order chi connectivity index (χ0) is 15.2. The van der Waals surface area contributed by atoms with Crippen LogP contribution in [0.2, 0.25) is 0 Å². The summed E-state index contributed by atoms with van der Waals surface area (Å²) in [5.74, 6) is 1.24. The number of fused-ring (bicyclic) bond motifs is 1. The summed E-state index contributed by atoms with van der Waals surface area (Å²) in [6.07, 6.45) is 2.02. The molecule has 0 aliphatic rings. The summed E-state index contributed by atoms with van der Waals surface area (Å²) in [6, 6.07) is 7.06. The molecular formula is C16H22N2O3. The van der Waals surface area contributed by atoms with Gasteiger partial charge in [0.05, 0.1) is 19.2 Å². The van der Waals surface area contributed by atoms with Crippen molar-refractivity contribution in [2.24, 2.45) is 0 Å². The standard InChI is InChI=1S/C16H22N2O3/c1-18(2)10-4-5-11-21-16-13(20-3)8-6-12-7-9-14(19)17-15(12)16/h6-9H,4-5,10-11H2,1-3H3,(H,17,19). The third kappa shape index (κ3) is 3.98. The minimum absolute atomic E-state index is 0.145. The van der Waals surface area contributed by atoms with Crippen molar-refractivity contribution in [3.8, 4) is 11.5 Å². The molecule has 0 fully saturated rings. The molecule has 0 bridgehead atoms. The molecule has 0 aliphatic carbocycles. The molecule has 5 nitrogen and oxygen atoms in total. The van der Waals surface area contributed by atoms with E-state index in [0.717, 1.165) is 24.8 Å². The van der Waals surface area contributed by atoms with Gasteiger partial charge < -0.3 is 19.4 Å². The van der Waals surface area contributed by atoms with Gasteiger partial charge in [-0.2, -0.15) is 0 Å². The number of pyridine rings is 1. The van der Waals surface area contributed by atoms with Crippen LogP contribution in [0, 0.1) is 0 Å². The third-order valence-corrected chi connectivity index (χ3v) is 3.28. The van der Waals surface area contributed by atoms with E-state index in [9.17, 15) is 4.79 Å². The molecule has 0 radical (unpaired) electrons. The number of H-pyrrole nitrogens is 1. The Morgan fingerprint density at radius 2 is 1.90 bits per heavy atom. The molecule has 0 atom stereocenters. The Hall–Kier alpha value is -2.01. The maximum absolute atomic E-state index is 11.5. The van der Waals surface area contributed by atoms with Crippen molar-refractivity contribution in [3.05, 3.63) is 34.6 Å². The molecule has 0 spiro atoms. The van der Waals surface area contributed by atoms with Gasteiger partial charge in [0.2, 0.25) is 5.56 Å². The van der Waals surface area contributed by atoms with E-state index in [1.807, 2.05) is 12.1 Å². The Balaban J connectivity index is 2.16. The number of nitrogens with zero attached hydrogens (tertiary/aromatic N) is 1. The topological polar surface area (TPSA) is 54.6 Å². The summed E-state index contributed by atoms with van der Waals surface area (Å²) >= 11 is 0. The molecule has 0 amide bonds. The Morgan fingerprint density at radius 1 is 1.14 bits per heavy atom. The van der Waals surface area contributed by atoms with E-state index < -0.39 is 0 Å². The van der Waals surface area contributed by atoms with Gasteiger partial charge >= 0.3 is 0 Å². The zero-order valence-electron chi connectivity index (χ0n) is 12.8. The Kier molecular flexibility index (Phi) is 5.22. The third-order valence-electron chi connectivity index (χ3n) is 3.28. The smallest absolute Gasteiger partial charge is 0.248 e. The quantitative estimate of drug-likeness (QED) is 0.795. The van der Waals surface area contributed by atoms with Gasteiger partial charge in [-0.1, -0.05) is 0 Å². The first-order chi connectivity index (χ1) is 10.1. The number of ether oxygens (including phenoxy) is 2. The molecule has 0 unspecified atom stereocenters. The van der Waals surface area contributed by atoms with Crippen LogP contribution in [0.15, 0.2) is 29.1 Å². The molecule has 21 heavy (non-hydrogen) atoms. The van der Waals surface area contributed by atoms with Crippen LogP contribution in [0.4, 0.5) is 0 Å². The van der Waals surface area contributed by atoms with Gasteiger partial charge in [-0.05, 0) is 51.7 Å². The largest absolute Gasteiger partial charge is 0.493 e. The highest BCUT2D eigenvalue weighted by Gasteiger charge is 2.10. The lowest BCUT2D eigenvalue weighted by Gasteiger charge is -2.14. The highest BCUT2D eigenvalue weighted by molar-refractivity contribution is 5.86. The van der Waals surface area contributed by atoms with Gasteiger partial charge in [-0.25, -0.2) is 0 Å². The van der Waals surface area contributed by atoms with Crippen molar-refractivity contribution >= 4 is 10.9 Å². The molecule has 1 heterocycles. The lowest BCUT2D eigenvalue weighted by Crippen LogP contribution is -2.14. The second-order valence-corrected chi connectivity index (χ2v) is 5.24. The van der Waals surface area contributed by atoms with Crippen molar-refractivity contribution in [2.45, 2.75) is 12.8 Å². The van der Waals surface area contributed by atoms with Crippen molar-refractivity contribution in [2.75, 3.05) is 34.4 Å². The molecule has 2 aromatic rings. The summed E-state index contributed by atoms with van der Waals surface area (Å²) in [5, 5.41) is 0.929. The number of aromatic nitrogens is 1. The van der Waals surface area contributed by atoms with E-state index >= 15 is 0 Å². The average Bonchev–Trinajstić information content (AvgIpc) is 2.46. The van der Waals surface area contributed by atoms with Crippen LogP contribution < -0.4 is 15.0 Å². The first kappa shape index (κ1) is 15.4. The van der Waals surface area contributed by atoms with Crippen LogP contribution in [0.5, 0.6) is 11.5 Å². The number of hydrogen-bond acceptors (Lipinski definition) is 4. The average molecular weight is 290 g/mol. The van der Waals surface area contributed by atoms with E-state index in [4.69, 9.17) is 9.47 Å². The molecule has 0 saturated carbocycles. The second-order valence-electron chi connectivity index (χ2n) is 5.24. The molecule has 1 aromatic heterocycles. The normalized spacial score (nSPS) is 11.0. The Labute approximate surface area is 124 Å². The van der Waals surface area contributed by atoms with Crippen molar-refractivity contribution in [3.63, 3.8) is 0 Å². The SMILES string of the molecule is COc1ccc2ccc(=O)[nH]c2c1OCCCCN(C)C. The maximum Gasteiger partial charge on any atom is 0.248 e. The fourth-order valence-electron chi connectivity index (χ4n) is 2.19. The lowest BCUT2D eigenvalue weighted by molar-refractivity contribution is 0.280. The van der Waals surface area contributed by atoms with E-state index in [-0.39, 0.29) is 5.56 Å². The monoisotopic (exact) mass is 290 g/mol. The molecule has 1 N–H and O–H groups in total. The van der Waals surface area contributed by atoms with Crippen LogP contribution >= 0.6 is 0 Å². The fraction of sp³-hybridized carbons (Fsp3) is 0.438. The Morgan fingerprint density at radius 3 is 2.62 bits per heavy atom. The maximum atomic E-state index is 11.5. The minimum Gasteiger partial charge on any atom is -0.493 e. The number of nitrogens with one attached hydrogen (secondary N) is 1. The fourth-order valence-corrected chi connectivity index (χ4v) is 2.19. The minimum atomic E-state index is -0.145. The summed E-state index contributed by atoms with van der Waals surface area (Å²) in [7, 11) is 5.71. The molecule has 1 aromatic carbocycles. The van der Waals surface area contributed by atoms with Gasteiger partial charge in [0, 0.05) is 11.5 Å². The van der Waals surface area contributed by atoms with Gasteiger partial charge in [0.1, 0.15) is 0 Å². The van der Waals surface area contributed by atoms with Gasteiger partial charge in [-0.3, -0.25) is 4.79 Å². The summed E-state index contributed by atoms with van der Waals surface area (Å²) < 4.78 is 11.2. The Bertz CT molecular complexity index is 650. The van der Waals surface area contributed by atoms with Crippen LogP contribution in [0.25, 0.3) is 10.9 Å². The van der Waals surface area contributed by atoms with E-state index in [2.05, 4.69) is 24.0 Å². The van der Waals surface area contributed by atoms with Crippen molar-refractivity contribution < 1.29 is 9.47 Å². The number of aromatic amines is 1. The summed E-state index contributed by atoms with van der Waals surface area (Å²) in [6.45, 7) is 1.63. The molecule has 2 rings (SSSR count). The first-order valence-electron chi connectivity index (χ1n) is 7.09. The highest BCUT2D eigenvalue weighted by atomic mass is 16.5. The van der Waals surface area contributed by atoms with Crippen molar-refractivity contribution in [1.29, 1.82) is 0 Å². The molecule has 0 saturated heterocycles. The van der Waals surface area contributed by atoms with E-state index in [1.54, 1.807) is 13.2 Å². The summed E-state index contributed by atoms with van der Waals surface area (Å²) in [5.41, 5.74) is 0.544. The first-order valence-corrected chi connectivity index (χ1v) is 7.09. The van der Waals surface area contributed by atoms with Gasteiger partial charge in [0.25, 0.3) is 0 Å². The number of hydrogen-bond donors (Lipinski definition) is 1.